The molecule has 1 aromatic heterocycles. The van der Waals surface area contributed by atoms with E-state index in [1.54, 1.807) is 4.90 Å². The molecule has 0 aliphatic carbocycles. The van der Waals surface area contributed by atoms with E-state index < -0.39 is 9.84 Å². The van der Waals surface area contributed by atoms with Crippen molar-refractivity contribution >= 4 is 54.0 Å². The Morgan fingerprint density at radius 1 is 1.19 bits per heavy atom. The number of rotatable bonds is 7. The van der Waals surface area contributed by atoms with Crippen molar-refractivity contribution in [3.05, 3.63) is 52.5 Å². The number of hydrogen-bond acceptors (Lipinski definition) is 6. The average molecular weight is 493 g/mol. The molecule has 2 heterocycles. The predicted octanol–water partition coefficient (Wildman–Crippen LogP) is 4.94. The van der Waals surface area contributed by atoms with Crippen LogP contribution in [0.3, 0.4) is 0 Å². The van der Waals surface area contributed by atoms with Gasteiger partial charge in [0.2, 0.25) is 5.91 Å². The van der Waals surface area contributed by atoms with Gasteiger partial charge in [0, 0.05) is 18.1 Å². The number of sulfone groups is 1. The first kappa shape index (κ1) is 23.2. The zero-order valence-electron chi connectivity index (χ0n) is 18.0. The number of hydrogen-bond donors (Lipinski definition) is 0. The molecule has 4 rings (SSSR count). The molecule has 1 amide bonds. The van der Waals surface area contributed by atoms with Gasteiger partial charge in [-0.15, -0.1) is 0 Å². The summed E-state index contributed by atoms with van der Waals surface area (Å²) in [4.78, 5) is 19.8. The average Bonchev–Trinajstić information content (AvgIpc) is 3.44. The lowest BCUT2D eigenvalue weighted by Gasteiger charge is -2.23. The maximum Gasteiger partial charge on any atom is 0.229 e. The lowest BCUT2D eigenvalue weighted by atomic mass is 10.1. The highest BCUT2D eigenvalue weighted by atomic mass is 35.5. The maximum atomic E-state index is 13.3. The molecule has 1 atom stereocenters. The molecule has 0 bridgehead atoms. The predicted molar refractivity (Wildman–Crippen MR) is 129 cm³/mol. The van der Waals surface area contributed by atoms with Gasteiger partial charge in [0.05, 0.1) is 33.5 Å². The van der Waals surface area contributed by atoms with Crippen molar-refractivity contribution in [2.24, 2.45) is 0 Å². The molecule has 1 saturated heterocycles. The van der Waals surface area contributed by atoms with Crippen molar-refractivity contribution in [1.82, 2.24) is 4.98 Å². The van der Waals surface area contributed by atoms with Gasteiger partial charge < -0.3 is 4.74 Å². The Balaban J connectivity index is 1.59. The van der Waals surface area contributed by atoms with Gasteiger partial charge in [0.1, 0.15) is 0 Å². The third kappa shape index (κ3) is 4.98. The number of anilines is 1. The number of thiazole rings is 1. The summed E-state index contributed by atoms with van der Waals surface area (Å²) < 4.78 is 32.3. The summed E-state index contributed by atoms with van der Waals surface area (Å²) in [5, 5.41) is 1.05. The molecule has 170 valence electrons. The van der Waals surface area contributed by atoms with Gasteiger partial charge >= 0.3 is 0 Å². The summed E-state index contributed by atoms with van der Waals surface area (Å²) >= 11 is 7.33. The molecule has 32 heavy (non-hydrogen) atoms. The Morgan fingerprint density at radius 3 is 2.56 bits per heavy atom. The second-order valence-corrected chi connectivity index (χ2v) is 11.6. The Morgan fingerprint density at radius 2 is 1.91 bits per heavy atom. The van der Waals surface area contributed by atoms with Crippen LogP contribution >= 0.6 is 22.9 Å². The first-order valence-electron chi connectivity index (χ1n) is 10.5. The second kappa shape index (κ2) is 9.47. The normalized spacial score (nSPS) is 16.5. The fourth-order valence-electron chi connectivity index (χ4n) is 3.76. The zero-order chi connectivity index (χ0) is 22.9. The second-order valence-electron chi connectivity index (χ2n) is 8.04. The lowest BCUT2D eigenvalue weighted by molar-refractivity contribution is -0.118. The number of ether oxygens (including phenoxy) is 1. The van der Waals surface area contributed by atoms with Gasteiger partial charge in [0.25, 0.3) is 0 Å². The minimum Gasteiger partial charge on any atom is -0.376 e. The van der Waals surface area contributed by atoms with Gasteiger partial charge in [-0.1, -0.05) is 35.1 Å². The third-order valence-corrected chi connectivity index (χ3v) is 8.83. The summed E-state index contributed by atoms with van der Waals surface area (Å²) in [6.07, 6.45) is 1.62. The van der Waals surface area contributed by atoms with Crippen molar-refractivity contribution in [3.63, 3.8) is 0 Å². The molecule has 9 heteroatoms. The molecule has 0 spiro atoms. The summed E-state index contributed by atoms with van der Waals surface area (Å²) in [5.74, 6) is -0.550. The van der Waals surface area contributed by atoms with Crippen LogP contribution in [0.25, 0.3) is 10.2 Å². The monoisotopic (exact) mass is 492 g/mol. The number of carbonyl (C=O) groups excluding carboxylic acids is 1. The number of aryl methyl sites for hydroxylation is 2. The summed E-state index contributed by atoms with van der Waals surface area (Å²) in [5.41, 5.74) is 3.02. The summed E-state index contributed by atoms with van der Waals surface area (Å²) in [7, 11) is -3.61. The molecule has 3 aromatic rings. The van der Waals surface area contributed by atoms with Crippen LogP contribution in [-0.2, 0) is 19.4 Å². The van der Waals surface area contributed by atoms with Crippen LogP contribution < -0.4 is 4.90 Å². The van der Waals surface area contributed by atoms with E-state index in [9.17, 15) is 13.2 Å². The number of amides is 1. The van der Waals surface area contributed by atoms with Crippen molar-refractivity contribution in [1.29, 1.82) is 0 Å². The van der Waals surface area contributed by atoms with Crippen LogP contribution in [0, 0.1) is 13.8 Å². The Hall–Kier alpha value is -2.00. The lowest BCUT2D eigenvalue weighted by Crippen LogP contribution is -2.38. The number of halogens is 1. The number of nitrogens with zero attached hydrogens (tertiary/aromatic N) is 2. The van der Waals surface area contributed by atoms with E-state index in [-0.39, 0.29) is 29.1 Å². The van der Waals surface area contributed by atoms with Gasteiger partial charge in [-0.3, -0.25) is 9.69 Å². The van der Waals surface area contributed by atoms with E-state index in [0.717, 1.165) is 34.2 Å². The van der Waals surface area contributed by atoms with E-state index in [4.69, 9.17) is 21.3 Å². The third-order valence-electron chi connectivity index (χ3n) is 5.63. The van der Waals surface area contributed by atoms with E-state index in [1.807, 2.05) is 26.0 Å². The molecule has 0 radical (unpaired) electrons. The fourth-order valence-corrected chi connectivity index (χ4v) is 6.25. The number of fused-ring (bicyclic) bond motifs is 1. The molecule has 6 nitrogen and oxygen atoms in total. The number of benzene rings is 2. The zero-order valence-corrected chi connectivity index (χ0v) is 20.4. The maximum absolute atomic E-state index is 13.3. The van der Waals surface area contributed by atoms with Gasteiger partial charge in [-0.2, -0.15) is 0 Å². The van der Waals surface area contributed by atoms with Crippen molar-refractivity contribution in [3.8, 4) is 0 Å². The highest BCUT2D eigenvalue weighted by molar-refractivity contribution is 7.91. The molecular weight excluding hydrogens is 468 g/mol. The highest BCUT2D eigenvalue weighted by Gasteiger charge is 2.28. The van der Waals surface area contributed by atoms with E-state index in [0.29, 0.717) is 23.3 Å². The van der Waals surface area contributed by atoms with Gasteiger partial charge in [0.15, 0.2) is 15.0 Å². The quantitative estimate of drug-likeness (QED) is 0.466. The largest absolute Gasteiger partial charge is 0.376 e. The Kier molecular flexibility index (Phi) is 6.86. The first-order valence-corrected chi connectivity index (χ1v) is 13.4. The minimum atomic E-state index is -3.61. The molecule has 1 aliphatic rings. The minimum absolute atomic E-state index is 0.0685. The smallest absolute Gasteiger partial charge is 0.229 e. The molecule has 1 aliphatic heterocycles. The van der Waals surface area contributed by atoms with E-state index in [2.05, 4.69) is 0 Å². The standard InChI is InChI=1S/C23H25ClN2O4S2/c1-15-5-6-16(2)22-21(15)25-23(31-22)26(14-18-4-3-12-30-18)20(27)11-13-32(28,29)19-9-7-17(24)8-10-19/h5-10,18H,3-4,11-14H2,1-2H3. The van der Waals surface area contributed by atoms with E-state index in [1.165, 1.54) is 35.6 Å². The van der Waals surface area contributed by atoms with Crippen LogP contribution in [0.15, 0.2) is 41.3 Å². The molecule has 0 N–H and O–H groups in total. The van der Waals surface area contributed by atoms with Gasteiger partial charge in [-0.05, 0) is 62.1 Å². The Bertz CT molecular complexity index is 1190. The molecular formula is C23H25ClN2O4S2. The fraction of sp³-hybridized carbons (Fsp3) is 0.391. The SMILES string of the molecule is Cc1ccc(C)c2sc(N(CC3CCCO3)C(=O)CCS(=O)(=O)c3ccc(Cl)cc3)nc12. The van der Waals surface area contributed by atoms with Crippen LogP contribution in [-0.4, -0.2) is 44.3 Å². The topological polar surface area (TPSA) is 76.6 Å². The summed E-state index contributed by atoms with van der Waals surface area (Å²) in [6, 6.07) is 10.1. The molecule has 1 unspecified atom stereocenters. The van der Waals surface area contributed by atoms with Crippen LogP contribution in [0.4, 0.5) is 5.13 Å². The van der Waals surface area contributed by atoms with Crippen LogP contribution in [0.1, 0.15) is 30.4 Å². The number of aromatic nitrogens is 1. The number of carbonyl (C=O) groups is 1. The van der Waals surface area contributed by atoms with Crippen LogP contribution in [0.2, 0.25) is 5.02 Å². The van der Waals surface area contributed by atoms with Crippen molar-refractivity contribution in [2.45, 2.75) is 44.1 Å². The highest BCUT2D eigenvalue weighted by Crippen LogP contribution is 2.34. The van der Waals surface area contributed by atoms with Crippen LogP contribution in [0.5, 0.6) is 0 Å². The Labute approximate surface area is 197 Å². The van der Waals surface area contributed by atoms with Crippen molar-refractivity contribution in [2.75, 3.05) is 23.8 Å². The van der Waals surface area contributed by atoms with Crippen molar-refractivity contribution < 1.29 is 17.9 Å². The molecule has 1 fully saturated rings. The van der Waals surface area contributed by atoms with E-state index >= 15 is 0 Å². The molecule has 2 aromatic carbocycles. The summed E-state index contributed by atoms with van der Waals surface area (Å²) in [6.45, 7) is 5.07. The first-order chi connectivity index (χ1) is 15.2. The van der Waals surface area contributed by atoms with Gasteiger partial charge in [-0.25, -0.2) is 13.4 Å². The molecule has 0 saturated carbocycles.